The van der Waals surface area contributed by atoms with E-state index < -0.39 is 5.60 Å². The van der Waals surface area contributed by atoms with Crippen molar-refractivity contribution in [3.8, 4) is 5.75 Å². The van der Waals surface area contributed by atoms with Crippen molar-refractivity contribution in [2.24, 2.45) is 5.92 Å². The van der Waals surface area contributed by atoms with Crippen LogP contribution in [0.25, 0.3) is 0 Å². The lowest BCUT2D eigenvalue weighted by Gasteiger charge is -2.39. The molecule has 2 nitrogen and oxygen atoms in total. The van der Waals surface area contributed by atoms with Gasteiger partial charge in [-0.25, -0.2) is 0 Å². The van der Waals surface area contributed by atoms with Crippen LogP contribution in [-0.2, 0) is 5.60 Å². The van der Waals surface area contributed by atoms with Gasteiger partial charge in [-0.2, -0.15) is 0 Å². The van der Waals surface area contributed by atoms with Crippen molar-refractivity contribution in [3.63, 3.8) is 0 Å². The molecule has 0 bridgehead atoms. The van der Waals surface area contributed by atoms with E-state index in [-0.39, 0.29) is 0 Å². The molecule has 1 aliphatic rings. The first kappa shape index (κ1) is 11.5. The lowest BCUT2D eigenvalue weighted by molar-refractivity contribution is -0.0485. The topological polar surface area (TPSA) is 29.5 Å². The maximum atomic E-state index is 10.8. The Morgan fingerprint density at radius 2 is 2.06 bits per heavy atom. The third kappa shape index (κ3) is 1.82. The highest BCUT2D eigenvalue weighted by atomic mass is 16.5. The van der Waals surface area contributed by atoms with E-state index in [2.05, 4.69) is 6.92 Å². The van der Waals surface area contributed by atoms with Crippen LogP contribution in [0.15, 0.2) is 24.3 Å². The second-order valence-corrected chi connectivity index (χ2v) is 4.77. The van der Waals surface area contributed by atoms with E-state index in [9.17, 15) is 5.11 Å². The van der Waals surface area contributed by atoms with Crippen molar-refractivity contribution < 1.29 is 9.84 Å². The Morgan fingerprint density at radius 3 is 2.75 bits per heavy atom. The Kier molecular flexibility index (Phi) is 3.20. The predicted molar refractivity (Wildman–Crippen MR) is 64.5 cm³/mol. The van der Waals surface area contributed by atoms with Crippen LogP contribution in [0.5, 0.6) is 5.75 Å². The molecule has 0 heterocycles. The average Bonchev–Trinajstić information content (AvgIpc) is 2.33. The molecular weight excluding hydrogens is 200 g/mol. The average molecular weight is 220 g/mol. The van der Waals surface area contributed by atoms with E-state index in [4.69, 9.17) is 4.74 Å². The molecule has 1 saturated carbocycles. The molecule has 2 atom stereocenters. The number of hydrogen-bond donors (Lipinski definition) is 1. The minimum absolute atomic E-state index is 0.303. The van der Waals surface area contributed by atoms with Crippen molar-refractivity contribution in [1.82, 2.24) is 0 Å². The summed E-state index contributed by atoms with van der Waals surface area (Å²) in [5.41, 5.74) is 0.245. The minimum Gasteiger partial charge on any atom is -0.496 e. The van der Waals surface area contributed by atoms with Crippen molar-refractivity contribution in [1.29, 1.82) is 0 Å². The first-order valence-electron chi connectivity index (χ1n) is 6.04. The standard InChI is InChI=1S/C14H20O2/c1-11-7-5-6-10-14(11,15)12-8-3-4-9-13(12)16-2/h3-4,8-9,11,15H,5-7,10H2,1-2H3. The van der Waals surface area contributed by atoms with Crippen molar-refractivity contribution in [2.45, 2.75) is 38.2 Å². The molecular formula is C14H20O2. The largest absolute Gasteiger partial charge is 0.496 e. The maximum Gasteiger partial charge on any atom is 0.124 e. The zero-order valence-corrected chi connectivity index (χ0v) is 10.1. The van der Waals surface area contributed by atoms with Gasteiger partial charge in [-0.3, -0.25) is 0 Å². The summed E-state index contributed by atoms with van der Waals surface area (Å²) in [6, 6.07) is 7.83. The van der Waals surface area contributed by atoms with E-state index in [1.807, 2.05) is 24.3 Å². The smallest absolute Gasteiger partial charge is 0.124 e. The van der Waals surface area contributed by atoms with E-state index in [1.54, 1.807) is 7.11 Å². The third-order valence-corrected chi connectivity index (χ3v) is 3.83. The van der Waals surface area contributed by atoms with Gasteiger partial charge in [0.05, 0.1) is 12.7 Å². The SMILES string of the molecule is COc1ccccc1C1(O)CCCCC1C. The first-order valence-corrected chi connectivity index (χ1v) is 6.04. The summed E-state index contributed by atoms with van der Waals surface area (Å²) in [5.74, 6) is 1.11. The molecule has 0 aromatic heterocycles. The molecule has 16 heavy (non-hydrogen) atoms. The minimum atomic E-state index is -0.704. The number of methoxy groups -OCH3 is 1. The number of hydrogen-bond acceptors (Lipinski definition) is 2. The Bertz CT molecular complexity index is 362. The lowest BCUT2D eigenvalue weighted by atomic mass is 9.72. The summed E-state index contributed by atoms with van der Waals surface area (Å²) in [6.45, 7) is 2.13. The highest BCUT2D eigenvalue weighted by Gasteiger charge is 2.39. The summed E-state index contributed by atoms with van der Waals surface area (Å²) >= 11 is 0. The predicted octanol–water partition coefficient (Wildman–Crippen LogP) is 3.09. The van der Waals surface area contributed by atoms with Gasteiger partial charge in [0.1, 0.15) is 5.75 Å². The Balaban J connectivity index is 2.40. The third-order valence-electron chi connectivity index (χ3n) is 3.83. The van der Waals surface area contributed by atoms with Crippen LogP contribution in [-0.4, -0.2) is 12.2 Å². The molecule has 1 N–H and O–H groups in total. The van der Waals surface area contributed by atoms with Crippen LogP contribution in [0, 0.1) is 5.92 Å². The lowest BCUT2D eigenvalue weighted by Crippen LogP contribution is -2.36. The Hall–Kier alpha value is -1.02. The van der Waals surface area contributed by atoms with Gasteiger partial charge >= 0.3 is 0 Å². The number of ether oxygens (including phenoxy) is 1. The zero-order chi connectivity index (χ0) is 11.6. The maximum absolute atomic E-state index is 10.8. The van der Waals surface area contributed by atoms with Crippen molar-refractivity contribution in [2.75, 3.05) is 7.11 Å². The number of para-hydroxylation sites is 1. The molecule has 0 aliphatic heterocycles. The molecule has 0 amide bonds. The van der Waals surface area contributed by atoms with Crippen molar-refractivity contribution in [3.05, 3.63) is 29.8 Å². The van der Waals surface area contributed by atoms with Crippen molar-refractivity contribution >= 4 is 0 Å². The number of rotatable bonds is 2. The molecule has 2 heteroatoms. The quantitative estimate of drug-likeness (QED) is 0.830. The fourth-order valence-corrected chi connectivity index (χ4v) is 2.73. The molecule has 1 aromatic carbocycles. The number of benzene rings is 1. The summed E-state index contributed by atoms with van der Waals surface area (Å²) in [4.78, 5) is 0. The van der Waals surface area contributed by atoms with Gasteiger partial charge in [0.25, 0.3) is 0 Å². The molecule has 2 rings (SSSR count). The highest BCUT2D eigenvalue weighted by Crippen LogP contribution is 2.44. The molecule has 2 unspecified atom stereocenters. The van der Waals surface area contributed by atoms with E-state index >= 15 is 0 Å². The second kappa shape index (κ2) is 4.46. The van der Waals surface area contributed by atoms with Crippen LogP contribution in [0.3, 0.4) is 0 Å². The monoisotopic (exact) mass is 220 g/mol. The van der Waals surface area contributed by atoms with Crippen LogP contribution >= 0.6 is 0 Å². The van der Waals surface area contributed by atoms with Gasteiger partial charge < -0.3 is 9.84 Å². The normalized spacial score (nSPS) is 30.1. The van der Waals surface area contributed by atoms with Crippen LogP contribution in [0.1, 0.15) is 38.2 Å². The van der Waals surface area contributed by atoms with Gasteiger partial charge in [-0.15, -0.1) is 0 Å². The number of aliphatic hydroxyl groups is 1. The van der Waals surface area contributed by atoms with Gasteiger partial charge in [-0.05, 0) is 24.8 Å². The van der Waals surface area contributed by atoms with Gasteiger partial charge in [0, 0.05) is 5.56 Å². The van der Waals surface area contributed by atoms with Gasteiger partial charge in [0.2, 0.25) is 0 Å². The Labute approximate surface area is 97.3 Å². The fraction of sp³-hybridized carbons (Fsp3) is 0.571. The molecule has 0 radical (unpaired) electrons. The van der Waals surface area contributed by atoms with E-state index in [0.717, 1.165) is 30.6 Å². The van der Waals surface area contributed by atoms with Crippen LogP contribution in [0.4, 0.5) is 0 Å². The molecule has 0 saturated heterocycles. The summed E-state index contributed by atoms with van der Waals surface area (Å²) < 4.78 is 5.35. The van der Waals surface area contributed by atoms with Gasteiger partial charge in [-0.1, -0.05) is 38.0 Å². The Morgan fingerprint density at radius 1 is 1.31 bits per heavy atom. The summed E-state index contributed by atoms with van der Waals surface area (Å²) in [7, 11) is 1.66. The molecule has 0 spiro atoms. The fourth-order valence-electron chi connectivity index (χ4n) is 2.73. The zero-order valence-electron chi connectivity index (χ0n) is 10.1. The van der Waals surface area contributed by atoms with E-state index in [1.165, 1.54) is 6.42 Å². The summed E-state index contributed by atoms with van der Waals surface area (Å²) in [6.07, 6.45) is 4.25. The second-order valence-electron chi connectivity index (χ2n) is 4.77. The van der Waals surface area contributed by atoms with Gasteiger partial charge in [0.15, 0.2) is 0 Å². The van der Waals surface area contributed by atoms with Crippen LogP contribution < -0.4 is 4.74 Å². The molecule has 88 valence electrons. The van der Waals surface area contributed by atoms with Crippen LogP contribution in [0.2, 0.25) is 0 Å². The molecule has 1 aromatic rings. The molecule has 1 aliphatic carbocycles. The van der Waals surface area contributed by atoms with E-state index in [0.29, 0.717) is 5.92 Å². The summed E-state index contributed by atoms with van der Waals surface area (Å²) in [5, 5.41) is 10.8. The highest BCUT2D eigenvalue weighted by molar-refractivity contribution is 5.38. The first-order chi connectivity index (χ1) is 7.68. The molecule has 1 fully saturated rings.